The van der Waals surface area contributed by atoms with E-state index >= 15 is 0 Å². The number of para-hydroxylation sites is 1. The summed E-state index contributed by atoms with van der Waals surface area (Å²) >= 11 is 6.14. The number of amides is 3. The summed E-state index contributed by atoms with van der Waals surface area (Å²) < 4.78 is 5.95. The van der Waals surface area contributed by atoms with Crippen molar-refractivity contribution in [2.24, 2.45) is 0 Å². The fraction of sp³-hybridized carbons (Fsp3) is 0.286. The molecule has 1 N–H and O–H groups in total. The van der Waals surface area contributed by atoms with E-state index in [1.807, 2.05) is 66.7 Å². The van der Waals surface area contributed by atoms with E-state index in [0.29, 0.717) is 5.02 Å². The van der Waals surface area contributed by atoms with E-state index in [9.17, 15) is 9.59 Å². The van der Waals surface area contributed by atoms with Crippen molar-refractivity contribution in [2.75, 3.05) is 25.0 Å². The summed E-state index contributed by atoms with van der Waals surface area (Å²) in [5.41, 5.74) is 1.85. The molecular formula is C28H28ClN5O3. The maximum Gasteiger partial charge on any atom is 0.328 e. The molecule has 3 aromatic rings. The van der Waals surface area contributed by atoms with Crippen molar-refractivity contribution >= 4 is 29.2 Å². The van der Waals surface area contributed by atoms with Crippen LogP contribution in [-0.2, 0) is 11.3 Å². The van der Waals surface area contributed by atoms with Crippen LogP contribution in [0, 0.1) is 0 Å². The minimum absolute atomic E-state index is 0.184. The van der Waals surface area contributed by atoms with Crippen molar-refractivity contribution in [3.63, 3.8) is 0 Å². The smallest absolute Gasteiger partial charge is 0.328 e. The lowest BCUT2D eigenvalue weighted by molar-refractivity contribution is -0.139. The summed E-state index contributed by atoms with van der Waals surface area (Å²) in [5.74, 6) is 1.36. The summed E-state index contributed by atoms with van der Waals surface area (Å²) in [6, 6.07) is 24.2. The standard InChI is InChI=1S/C28H28ClN5O3/c1-31-25-24(26(35)34(28(31)36)18-19-7-5-8-20(29)17-19)33-16-6-15-32(27(33)30-25)21-11-13-23(14-12-21)37-22-9-3-2-4-10-22/h2-5,7-14,17,24-25,27,30H,6,15-16,18H2,1H3. The van der Waals surface area contributed by atoms with Crippen molar-refractivity contribution < 1.29 is 14.3 Å². The van der Waals surface area contributed by atoms with Gasteiger partial charge in [0.15, 0.2) is 0 Å². The van der Waals surface area contributed by atoms with Gasteiger partial charge in [0.2, 0.25) is 0 Å². The molecule has 3 aliphatic rings. The Kier molecular flexibility index (Phi) is 6.24. The number of hydrogen-bond acceptors (Lipinski definition) is 6. The Morgan fingerprint density at radius 2 is 1.70 bits per heavy atom. The average molecular weight is 518 g/mol. The highest BCUT2D eigenvalue weighted by Crippen LogP contribution is 2.34. The molecule has 0 aromatic heterocycles. The first-order chi connectivity index (χ1) is 18.0. The number of halogens is 1. The number of benzene rings is 3. The number of imide groups is 1. The highest BCUT2D eigenvalue weighted by molar-refractivity contribution is 6.30. The molecule has 9 heteroatoms. The third-order valence-electron chi connectivity index (χ3n) is 7.25. The lowest BCUT2D eigenvalue weighted by Crippen LogP contribution is -2.66. The summed E-state index contributed by atoms with van der Waals surface area (Å²) in [6.07, 6.45) is 0.306. The number of ether oxygens (including phenoxy) is 1. The Morgan fingerprint density at radius 3 is 2.46 bits per heavy atom. The van der Waals surface area contributed by atoms with Crippen LogP contribution < -0.4 is 15.0 Å². The maximum atomic E-state index is 13.7. The lowest BCUT2D eigenvalue weighted by atomic mass is 10.1. The number of carbonyl (C=O) groups is 2. The van der Waals surface area contributed by atoms with E-state index < -0.39 is 12.2 Å². The van der Waals surface area contributed by atoms with E-state index in [1.54, 1.807) is 24.1 Å². The van der Waals surface area contributed by atoms with Crippen LogP contribution in [0.25, 0.3) is 0 Å². The van der Waals surface area contributed by atoms with Gasteiger partial charge in [-0.1, -0.05) is 41.9 Å². The fourth-order valence-corrected chi connectivity index (χ4v) is 5.69. The molecule has 3 atom stereocenters. The predicted octanol–water partition coefficient (Wildman–Crippen LogP) is 4.32. The van der Waals surface area contributed by atoms with Crippen molar-refractivity contribution in [1.29, 1.82) is 0 Å². The molecule has 190 valence electrons. The zero-order valence-electron chi connectivity index (χ0n) is 20.5. The van der Waals surface area contributed by atoms with Crippen molar-refractivity contribution in [1.82, 2.24) is 20.0 Å². The summed E-state index contributed by atoms with van der Waals surface area (Å²) in [7, 11) is 1.75. The van der Waals surface area contributed by atoms with Gasteiger partial charge >= 0.3 is 6.03 Å². The van der Waals surface area contributed by atoms with Crippen molar-refractivity contribution in [3.05, 3.63) is 89.4 Å². The summed E-state index contributed by atoms with van der Waals surface area (Å²) in [4.78, 5) is 34.3. The van der Waals surface area contributed by atoms with Gasteiger partial charge in [-0.05, 0) is 60.5 Å². The Hall–Kier alpha value is -3.59. The number of anilines is 1. The summed E-state index contributed by atoms with van der Waals surface area (Å²) in [6.45, 7) is 1.80. The number of likely N-dealkylation sites (N-methyl/N-ethyl adjacent to an activating group) is 1. The molecule has 3 aliphatic heterocycles. The van der Waals surface area contributed by atoms with Crippen LogP contribution in [-0.4, -0.2) is 65.3 Å². The van der Waals surface area contributed by atoms with Crippen LogP contribution in [0.2, 0.25) is 5.02 Å². The van der Waals surface area contributed by atoms with Crippen LogP contribution >= 0.6 is 11.6 Å². The molecule has 8 nitrogen and oxygen atoms in total. The van der Waals surface area contributed by atoms with E-state index in [4.69, 9.17) is 16.3 Å². The molecule has 0 aliphatic carbocycles. The number of urea groups is 1. The Bertz CT molecular complexity index is 1300. The maximum absolute atomic E-state index is 13.7. The van der Waals surface area contributed by atoms with Crippen LogP contribution in [0.1, 0.15) is 12.0 Å². The van der Waals surface area contributed by atoms with Crippen LogP contribution in [0.15, 0.2) is 78.9 Å². The first kappa shape index (κ1) is 23.8. The third-order valence-corrected chi connectivity index (χ3v) is 7.48. The number of rotatable bonds is 5. The van der Waals surface area contributed by atoms with Gasteiger partial charge in [0, 0.05) is 30.8 Å². The molecule has 6 rings (SSSR count). The highest BCUT2D eigenvalue weighted by atomic mass is 35.5. The lowest BCUT2D eigenvalue weighted by Gasteiger charge is -2.44. The van der Waals surface area contributed by atoms with Gasteiger partial charge in [-0.2, -0.15) is 0 Å². The predicted molar refractivity (Wildman–Crippen MR) is 141 cm³/mol. The number of hydrogen-bond donors (Lipinski definition) is 1. The van der Waals surface area contributed by atoms with Gasteiger partial charge in [-0.15, -0.1) is 0 Å². The molecule has 3 unspecified atom stereocenters. The van der Waals surface area contributed by atoms with E-state index in [-0.39, 0.29) is 24.8 Å². The van der Waals surface area contributed by atoms with Crippen LogP contribution in [0.5, 0.6) is 11.5 Å². The van der Waals surface area contributed by atoms with Crippen molar-refractivity contribution in [3.8, 4) is 11.5 Å². The minimum Gasteiger partial charge on any atom is -0.457 e. The molecule has 3 saturated heterocycles. The van der Waals surface area contributed by atoms with Crippen molar-refractivity contribution in [2.45, 2.75) is 31.5 Å². The Labute approximate surface area is 221 Å². The van der Waals surface area contributed by atoms with Gasteiger partial charge in [0.1, 0.15) is 30.0 Å². The van der Waals surface area contributed by atoms with Gasteiger partial charge in [0.05, 0.1) is 6.54 Å². The first-order valence-electron chi connectivity index (χ1n) is 12.4. The van der Waals surface area contributed by atoms with E-state index in [1.165, 1.54) is 4.90 Å². The Morgan fingerprint density at radius 1 is 0.946 bits per heavy atom. The topological polar surface area (TPSA) is 68.4 Å². The highest BCUT2D eigenvalue weighted by Gasteiger charge is 2.56. The second-order valence-electron chi connectivity index (χ2n) is 9.57. The molecule has 0 spiro atoms. The molecule has 3 fully saturated rings. The first-order valence-corrected chi connectivity index (χ1v) is 12.8. The van der Waals surface area contributed by atoms with Gasteiger partial charge in [0.25, 0.3) is 5.91 Å². The quantitative estimate of drug-likeness (QED) is 0.543. The van der Waals surface area contributed by atoms with E-state index in [0.717, 1.165) is 42.3 Å². The average Bonchev–Trinajstić information content (AvgIpc) is 3.31. The Balaban J connectivity index is 1.22. The largest absolute Gasteiger partial charge is 0.457 e. The second kappa shape index (κ2) is 9.70. The summed E-state index contributed by atoms with van der Waals surface area (Å²) in [5, 5.41) is 4.14. The molecule has 3 heterocycles. The third kappa shape index (κ3) is 4.41. The number of nitrogens with one attached hydrogen (secondary N) is 1. The van der Waals surface area contributed by atoms with Crippen LogP contribution in [0.3, 0.4) is 0 Å². The van der Waals surface area contributed by atoms with Gasteiger partial charge in [-0.25, -0.2) is 4.79 Å². The second-order valence-corrected chi connectivity index (χ2v) is 10.0. The number of nitrogens with zero attached hydrogens (tertiary/aromatic N) is 4. The fourth-order valence-electron chi connectivity index (χ4n) is 5.48. The van der Waals surface area contributed by atoms with Gasteiger partial charge in [-0.3, -0.25) is 19.9 Å². The van der Waals surface area contributed by atoms with E-state index in [2.05, 4.69) is 15.1 Å². The molecule has 37 heavy (non-hydrogen) atoms. The zero-order chi connectivity index (χ0) is 25.5. The number of fused-ring (bicyclic) bond motifs is 3. The van der Waals surface area contributed by atoms with Crippen LogP contribution in [0.4, 0.5) is 10.5 Å². The molecule has 0 radical (unpaired) electrons. The molecule has 3 aromatic carbocycles. The normalized spacial score (nSPS) is 23.7. The molecular weight excluding hydrogens is 490 g/mol. The minimum atomic E-state index is -0.463. The number of carbonyl (C=O) groups excluding carboxylic acids is 2. The SMILES string of the molecule is CN1C(=O)N(Cc2cccc(Cl)c2)C(=O)C2C1NC1N(c3ccc(Oc4ccccc4)cc3)CCCN21. The molecule has 3 amide bonds. The monoisotopic (exact) mass is 517 g/mol. The molecule has 0 saturated carbocycles. The van der Waals surface area contributed by atoms with Gasteiger partial charge < -0.3 is 14.5 Å². The molecule has 0 bridgehead atoms. The zero-order valence-corrected chi connectivity index (χ0v) is 21.2.